The van der Waals surface area contributed by atoms with Crippen LogP contribution in [0.15, 0.2) is 30.5 Å². The number of benzene rings is 1. The minimum Gasteiger partial charge on any atom is -0.478 e. The molecule has 0 saturated heterocycles. The number of aromatic nitrogens is 2. The molecule has 0 aliphatic heterocycles. The van der Waals surface area contributed by atoms with E-state index in [2.05, 4.69) is 15.3 Å². The molecule has 104 valence electrons. The summed E-state index contributed by atoms with van der Waals surface area (Å²) in [4.78, 5) is 21.1. The first kappa shape index (κ1) is 13.8. The maximum absolute atomic E-state index is 10.9. The molecule has 2 rings (SSSR count). The predicted molar refractivity (Wildman–Crippen MR) is 77.8 cm³/mol. The quantitative estimate of drug-likeness (QED) is 0.889. The summed E-state index contributed by atoms with van der Waals surface area (Å²) in [6.07, 6.45) is 1.31. The Kier molecular flexibility index (Phi) is 3.84. The first-order valence-corrected chi connectivity index (χ1v) is 6.09. The Balaban J connectivity index is 2.31. The van der Waals surface area contributed by atoms with E-state index in [9.17, 15) is 4.79 Å². The lowest BCUT2D eigenvalue weighted by Gasteiger charge is -2.17. The van der Waals surface area contributed by atoms with E-state index in [1.807, 2.05) is 43.3 Å². The van der Waals surface area contributed by atoms with Crippen molar-refractivity contribution in [3.05, 3.63) is 41.7 Å². The van der Waals surface area contributed by atoms with Crippen LogP contribution in [-0.2, 0) is 0 Å². The second kappa shape index (κ2) is 5.56. The van der Waals surface area contributed by atoms with Crippen LogP contribution in [0.1, 0.15) is 16.1 Å². The van der Waals surface area contributed by atoms with Crippen molar-refractivity contribution < 1.29 is 9.90 Å². The van der Waals surface area contributed by atoms with Crippen molar-refractivity contribution in [3.63, 3.8) is 0 Å². The Morgan fingerprint density at radius 2 is 2.00 bits per heavy atom. The Hall–Kier alpha value is -2.63. The van der Waals surface area contributed by atoms with Gasteiger partial charge in [0.05, 0.1) is 22.6 Å². The molecule has 1 aromatic carbocycles. The first-order chi connectivity index (χ1) is 9.49. The number of carboxylic acid groups (broad SMARTS) is 1. The summed E-state index contributed by atoms with van der Waals surface area (Å²) in [7, 11) is 3.89. The summed E-state index contributed by atoms with van der Waals surface area (Å²) >= 11 is 0. The van der Waals surface area contributed by atoms with Crippen LogP contribution in [0.25, 0.3) is 0 Å². The SMILES string of the molecule is Cc1nc(Nc2ccccc2N(C)C)ncc1C(=O)O. The zero-order chi connectivity index (χ0) is 14.7. The molecule has 0 aliphatic carbocycles. The Bertz CT molecular complexity index is 641. The third-order valence-electron chi connectivity index (χ3n) is 2.84. The highest BCUT2D eigenvalue weighted by atomic mass is 16.4. The van der Waals surface area contributed by atoms with Gasteiger partial charge in [-0.05, 0) is 19.1 Å². The zero-order valence-corrected chi connectivity index (χ0v) is 11.6. The van der Waals surface area contributed by atoms with E-state index < -0.39 is 5.97 Å². The molecule has 2 N–H and O–H groups in total. The zero-order valence-electron chi connectivity index (χ0n) is 11.6. The van der Waals surface area contributed by atoms with Gasteiger partial charge in [-0.15, -0.1) is 0 Å². The standard InChI is InChI=1S/C14H16N4O2/c1-9-10(13(19)20)8-15-14(16-9)17-11-6-4-5-7-12(11)18(2)3/h4-8H,1-3H3,(H,19,20)(H,15,16,17). The van der Waals surface area contributed by atoms with E-state index >= 15 is 0 Å². The van der Waals surface area contributed by atoms with Crippen LogP contribution in [0.3, 0.4) is 0 Å². The summed E-state index contributed by atoms with van der Waals surface area (Å²) in [5, 5.41) is 12.1. The number of carboxylic acids is 1. The van der Waals surface area contributed by atoms with Gasteiger partial charge in [0.15, 0.2) is 0 Å². The molecule has 6 heteroatoms. The maximum Gasteiger partial charge on any atom is 0.339 e. The van der Waals surface area contributed by atoms with E-state index in [1.165, 1.54) is 6.20 Å². The van der Waals surface area contributed by atoms with Crippen molar-refractivity contribution in [1.82, 2.24) is 9.97 Å². The number of nitrogens with one attached hydrogen (secondary N) is 1. The molecule has 0 radical (unpaired) electrons. The van der Waals surface area contributed by atoms with E-state index in [1.54, 1.807) is 6.92 Å². The van der Waals surface area contributed by atoms with Crippen molar-refractivity contribution in [2.75, 3.05) is 24.3 Å². The van der Waals surface area contributed by atoms with Crippen LogP contribution in [0.5, 0.6) is 0 Å². The predicted octanol–water partition coefficient (Wildman–Crippen LogP) is 2.29. The van der Waals surface area contributed by atoms with Crippen molar-refractivity contribution in [3.8, 4) is 0 Å². The third-order valence-corrected chi connectivity index (χ3v) is 2.84. The minimum absolute atomic E-state index is 0.108. The molecule has 0 amide bonds. The average molecular weight is 272 g/mol. The molecule has 0 aliphatic rings. The van der Waals surface area contributed by atoms with E-state index in [0.29, 0.717) is 11.6 Å². The van der Waals surface area contributed by atoms with Gasteiger partial charge in [-0.25, -0.2) is 14.8 Å². The monoisotopic (exact) mass is 272 g/mol. The number of para-hydroxylation sites is 2. The van der Waals surface area contributed by atoms with Gasteiger partial charge in [0, 0.05) is 20.3 Å². The van der Waals surface area contributed by atoms with Crippen LogP contribution in [0.2, 0.25) is 0 Å². The minimum atomic E-state index is -1.03. The summed E-state index contributed by atoms with van der Waals surface area (Å²) in [6.45, 7) is 1.65. The smallest absolute Gasteiger partial charge is 0.339 e. The van der Waals surface area contributed by atoms with Gasteiger partial charge in [-0.1, -0.05) is 12.1 Å². The third kappa shape index (κ3) is 2.85. The fourth-order valence-corrected chi connectivity index (χ4v) is 1.83. The summed E-state index contributed by atoms with van der Waals surface area (Å²) in [5.41, 5.74) is 2.39. The summed E-state index contributed by atoms with van der Waals surface area (Å²) < 4.78 is 0. The molecular formula is C14H16N4O2. The highest BCUT2D eigenvalue weighted by Gasteiger charge is 2.11. The largest absolute Gasteiger partial charge is 0.478 e. The summed E-state index contributed by atoms with van der Waals surface area (Å²) in [6, 6.07) is 7.74. The van der Waals surface area contributed by atoms with Gasteiger partial charge in [-0.2, -0.15) is 0 Å². The fraction of sp³-hybridized carbons (Fsp3) is 0.214. The van der Waals surface area contributed by atoms with Crippen LogP contribution in [0, 0.1) is 6.92 Å². The molecule has 1 aromatic heterocycles. The van der Waals surface area contributed by atoms with E-state index in [4.69, 9.17) is 5.11 Å². The first-order valence-electron chi connectivity index (χ1n) is 6.09. The number of anilines is 3. The highest BCUT2D eigenvalue weighted by molar-refractivity contribution is 5.88. The average Bonchev–Trinajstić information content (AvgIpc) is 2.38. The van der Waals surface area contributed by atoms with Gasteiger partial charge < -0.3 is 15.3 Å². The molecule has 6 nitrogen and oxygen atoms in total. The van der Waals surface area contributed by atoms with E-state index in [-0.39, 0.29) is 5.56 Å². The number of carbonyl (C=O) groups is 1. The van der Waals surface area contributed by atoms with Crippen molar-refractivity contribution in [1.29, 1.82) is 0 Å². The lowest BCUT2D eigenvalue weighted by atomic mass is 10.2. The van der Waals surface area contributed by atoms with Crippen LogP contribution < -0.4 is 10.2 Å². The van der Waals surface area contributed by atoms with Crippen LogP contribution in [0.4, 0.5) is 17.3 Å². The van der Waals surface area contributed by atoms with Gasteiger partial charge in [0.1, 0.15) is 0 Å². The van der Waals surface area contributed by atoms with Crippen molar-refractivity contribution in [2.24, 2.45) is 0 Å². The maximum atomic E-state index is 10.9. The molecular weight excluding hydrogens is 256 g/mol. The number of aromatic carboxylic acids is 1. The number of hydrogen-bond donors (Lipinski definition) is 2. The second-order valence-corrected chi connectivity index (χ2v) is 4.53. The Morgan fingerprint density at radius 3 is 2.60 bits per heavy atom. The van der Waals surface area contributed by atoms with Gasteiger partial charge in [0.2, 0.25) is 5.95 Å². The fourth-order valence-electron chi connectivity index (χ4n) is 1.83. The number of hydrogen-bond acceptors (Lipinski definition) is 5. The molecule has 0 spiro atoms. The lowest BCUT2D eigenvalue weighted by Crippen LogP contribution is -2.12. The van der Waals surface area contributed by atoms with Gasteiger partial charge in [0.25, 0.3) is 0 Å². The van der Waals surface area contributed by atoms with Crippen molar-refractivity contribution >= 4 is 23.3 Å². The number of rotatable bonds is 4. The molecule has 0 fully saturated rings. The molecule has 0 bridgehead atoms. The van der Waals surface area contributed by atoms with Crippen LogP contribution in [-0.4, -0.2) is 35.1 Å². The Morgan fingerprint density at radius 1 is 1.30 bits per heavy atom. The number of nitrogens with zero attached hydrogens (tertiary/aromatic N) is 3. The highest BCUT2D eigenvalue weighted by Crippen LogP contribution is 2.25. The lowest BCUT2D eigenvalue weighted by molar-refractivity contribution is 0.0695. The molecule has 0 saturated carbocycles. The summed E-state index contributed by atoms with van der Waals surface area (Å²) in [5.74, 6) is -0.649. The molecule has 2 aromatic rings. The van der Waals surface area contributed by atoms with E-state index in [0.717, 1.165) is 11.4 Å². The topological polar surface area (TPSA) is 78.4 Å². The molecule has 0 unspecified atom stereocenters. The van der Waals surface area contributed by atoms with Gasteiger partial charge in [-0.3, -0.25) is 0 Å². The molecule has 1 heterocycles. The second-order valence-electron chi connectivity index (χ2n) is 4.53. The van der Waals surface area contributed by atoms with Crippen LogP contribution >= 0.6 is 0 Å². The molecule has 20 heavy (non-hydrogen) atoms. The normalized spacial score (nSPS) is 10.2. The van der Waals surface area contributed by atoms with Crippen molar-refractivity contribution in [2.45, 2.75) is 6.92 Å². The Labute approximate surface area is 117 Å². The number of aryl methyl sites for hydroxylation is 1. The van der Waals surface area contributed by atoms with Gasteiger partial charge >= 0.3 is 5.97 Å². The molecule has 0 atom stereocenters.